The van der Waals surface area contributed by atoms with Crippen LogP contribution in [0.2, 0.25) is 0 Å². The fourth-order valence-electron chi connectivity index (χ4n) is 4.31. The van der Waals surface area contributed by atoms with Crippen LogP contribution in [0.3, 0.4) is 0 Å². The minimum atomic E-state index is 0.966. The molecule has 0 radical (unpaired) electrons. The number of rotatable bonds is 3. The fourth-order valence-corrected chi connectivity index (χ4v) is 4.31. The maximum Gasteiger partial charge on any atom is -0.00193 e. The normalized spacial score (nSPS) is 14.2. The zero-order valence-electron chi connectivity index (χ0n) is 17.2. The average molecular weight is 385 g/mol. The Balaban J connectivity index is 1.71. The van der Waals surface area contributed by atoms with Crippen molar-refractivity contribution in [1.29, 1.82) is 0 Å². The van der Waals surface area contributed by atoms with Gasteiger partial charge in [0.25, 0.3) is 0 Å². The van der Waals surface area contributed by atoms with Crippen LogP contribution in [0, 0.1) is 0 Å². The molecule has 0 heterocycles. The number of allylic oxidation sites excluding steroid dienone is 4. The molecular formula is C30H24. The van der Waals surface area contributed by atoms with E-state index >= 15 is 0 Å². The standard InChI is InChI=1S/C30H24/c1-2-8-23-18-28-19-24(17-22-9-4-3-5-10-22)13-16-29(28)30(20-23)27-15-14-25-11-6-7-12-26(25)21-27/h2-17,19-21H,18H2,1H3/b8-2+,24-17+. The van der Waals surface area contributed by atoms with Crippen LogP contribution in [-0.4, -0.2) is 0 Å². The zero-order chi connectivity index (χ0) is 20.3. The maximum atomic E-state index is 2.35. The first kappa shape index (κ1) is 18.4. The van der Waals surface area contributed by atoms with Gasteiger partial charge in [0.1, 0.15) is 0 Å². The molecule has 30 heavy (non-hydrogen) atoms. The van der Waals surface area contributed by atoms with Crippen LogP contribution in [0.4, 0.5) is 0 Å². The first-order valence-corrected chi connectivity index (χ1v) is 10.5. The molecule has 0 amide bonds. The molecule has 0 atom stereocenters. The zero-order valence-corrected chi connectivity index (χ0v) is 17.2. The number of fused-ring (bicyclic) bond motifs is 2. The van der Waals surface area contributed by atoms with Gasteiger partial charge < -0.3 is 0 Å². The number of hydrogen-bond donors (Lipinski definition) is 0. The lowest BCUT2D eigenvalue weighted by molar-refractivity contribution is 1.14. The van der Waals surface area contributed by atoms with Gasteiger partial charge in [-0.25, -0.2) is 0 Å². The molecule has 0 saturated carbocycles. The minimum absolute atomic E-state index is 0.966. The van der Waals surface area contributed by atoms with Crippen molar-refractivity contribution in [2.75, 3.05) is 0 Å². The van der Waals surface area contributed by atoms with Crippen LogP contribution < -0.4 is 10.4 Å². The van der Waals surface area contributed by atoms with E-state index in [1.54, 1.807) is 0 Å². The molecule has 1 aliphatic rings. The van der Waals surface area contributed by atoms with E-state index in [2.05, 4.69) is 122 Å². The van der Waals surface area contributed by atoms with E-state index in [4.69, 9.17) is 0 Å². The first-order valence-electron chi connectivity index (χ1n) is 10.5. The van der Waals surface area contributed by atoms with Gasteiger partial charge in [0.05, 0.1) is 0 Å². The SMILES string of the molecule is C/C=C/C1=CC(c2ccc3ccccc3c2)=c2cc/c(=C\c3ccccc3)cc2C1. The molecule has 0 spiro atoms. The first-order chi connectivity index (χ1) is 14.8. The highest BCUT2D eigenvalue weighted by Crippen LogP contribution is 2.25. The summed E-state index contributed by atoms with van der Waals surface area (Å²) >= 11 is 0. The Morgan fingerprint density at radius 1 is 0.733 bits per heavy atom. The van der Waals surface area contributed by atoms with E-state index in [1.165, 1.54) is 49.0 Å². The second-order valence-electron chi connectivity index (χ2n) is 7.84. The molecule has 0 unspecified atom stereocenters. The number of hydrogen-bond acceptors (Lipinski definition) is 0. The lowest BCUT2D eigenvalue weighted by Gasteiger charge is -2.16. The number of benzene rings is 4. The van der Waals surface area contributed by atoms with Crippen LogP contribution in [0.15, 0.2) is 115 Å². The third-order valence-corrected chi connectivity index (χ3v) is 5.72. The van der Waals surface area contributed by atoms with Crippen LogP contribution in [0.25, 0.3) is 22.4 Å². The summed E-state index contributed by atoms with van der Waals surface area (Å²) in [4.78, 5) is 0. The summed E-state index contributed by atoms with van der Waals surface area (Å²) in [5.74, 6) is 0. The molecule has 4 aromatic rings. The van der Waals surface area contributed by atoms with Gasteiger partial charge in [-0.2, -0.15) is 0 Å². The van der Waals surface area contributed by atoms with Crippen molar-refractivity contribution in [1.82, 2.24) is 0 Å². The molecule has 0 saturated heterocycles. The van der Waals surface area contributed by atoms with E-state index in [0.717, 1.165) is 6.42 Å². The Morgan fingerprint density at radius 3 is 2.37 bits per heavy atom. The minimum Gasteiger partial charge on any atom is -0.0874 e. The molecule has 5 rings (SSSR count). The Labute approximate surface area is 177 Å². The second-order valence-corrected chi connectivity index (χ2v) is 7.84. The largest absolute Gasteiger partial charge is 0.0874 e. The van der Waals surface area contributed by atoms with Crippen LogP contribution in [0.5, 0.6) is 0 Å². The highest BCUT2D eigenvalue weighted by Gasteiger charge is 2.12. The lowest BCUT2D eigenvalue weighted by atomic mass is 9.88. The predicted molar refractivity (Wildman–Crippen MR) is 129 cm³/mol. The molecular weight excluding hydrogens is 360 g/mol. The monoisotopic (exact) mass is 384 g/mol. The van der Waals surface area contributed by atoms with Crippen LogP contribution >= 0.6 is 0 Å². The van der Waals surface area contributed by atoms with Gasteiger partial charge in [-0.05, 0) is 74.5 Å². The molecule has 0 aliphatic heterocycles. The Kier molecular flexibility index (Phi) is 4.91. The summed E-state index contributed by atoms with van der Waals surface area (Å²) in [5, 5.41) is 5.15. The Morgan fingerprint density at radius 2 is 1.53 bits per heavy atom. The highest BCUT2D eigenvalue weighted by molar-refractivity contribution is 5.88. The van der Waals surface area contributed by atoms with Crippen molar-refractivity contribution in [3.05, 3.63) is 142 Å². The summed E-state index contributed by atoms with van der Waals surface area (Å²) in [6, 6.07) is 32.8. The van der Waals surface area contributed by atoms with E-state index in [0.29, 0.717) is 0 Å². The van der Waals surface area contributed by atoms with Crippen LogP contribution in [-0.2, 0) is 6.42 Å². The molecule has 144 valence electrons. The summed E-state index contributed by atoms with van der Waals surface area (Å²) in [7, 11) is 0. The van der Waals surface area contributed by atoms with Crippen molar-refractivity contribution >= 4 is 22.4 Å². The summed E-state index contributed by atoms with van der Waals surface area (Å²) in [5.41, 5.74) is 6.55. The molecule has 4 aromatic carbocycles. The molecule has 1 aliphatic carbocycles. The molecule has 0 bridgehead atoms. The summed E-state index contributed by atoms with van der Waals surface area (Å²) < 4.78 is 0. The highest BCUT2D eigenvalue weighted by atomic mass is 14.2. The van der Waals surface area contributed by atoms with E-state index in [-0.39, 0.29) is 0 Å². The molecule has 0 heteroatoms. The van der Waals surface area contributed by atoms with Gasteiger partial charge in [-0.1, -0.05) is 103 Å². The molecule has 0 fully saturated rings. The molecule has 0 N–H and O–H groups in total. The molecule has 0 aromatic heterocycles. The smallest absolute Gasteiger partial charge is 0.00193 e. The van der Waals surface area contributed by atoms with Crippen molar-refractivity contribution in [3.8, 4) is 0 Å². The quantitative estimate of drug-likeness (QED) is 0.411. The van der Waals surface area contributed by atoms with Crippen molar-refractivity contribution in [2.24, 2.45) is 0 Å². The summed E-state index contributed by atoms with van der Waals surface area (Å²) in [6.07, 6.45) is 9.94. The molecule has 0 nitrogen and oxygen atoms in total. The Bertz CT molecular complexity index is 1400. The van der Waals surface area contributed by atoms with Gasteiger partial charge >= 0.3 is 0 Å². The average Bonchev–Trinajstić information content (AvgIpc) is 2.79. The fraction of sp³-hybridized carbons (Fsp3) is 0.0667. The lowest BCUT2D eigenvalue weighted by Crippen LogP contribution is -2.21. The second kappa shape index (κ2) is 8.00. The van der Waals surface area contributed by atoms with Gasteiger partial charge in [0.15, 0.2) is 0 Å². The van der Waals surface area contributed by atoms with Gasteiger partial charge in [0.2, 0.25) is 0 Å². The maximum absolute atomic E-state index is 2.35. The van der Waals surface area contributed by atoms with Crippen molar-refractivity contribution in [3.63, 3.8) is 0 Å². The van der Waals surface area contributed by atoms with E-state index in [1.807, 2.05) is 0 Å². The van der Waals surface area contributed by atoms with Gasteiger partial charge in [-0.15, -0.1) is 0 Å². The Hall–Kier alpha value is -3.64. The van der Waals surface area contributed by atoms with Crippen molar-refractivity contribution in [2.45, 2.75) is 13.3 Å². The van der Waals surface area contributed by atoms with Crippen LogP contribution in [0.1, 0.15) is 23.6 Å². The van der Waals surface area contributed by atoms with Gasteiger partial charge in [-0.3, -0.25) is 0 Å². The predicted octanol–water partition coefficient (Wildman–Crippen LogP) is 5.93. The third-order valence-electron chi connectivity index (χ3n) is 5.72. The van der Waals surface area contributed by atoms with E-state index in [9.17, 15) is 0 Å². The third kappa shape index (κ3) is 3.65. The topological polar surface area (TPSA) is 0 Å². The van der Waals surface area contributed by atoms with Gasteiger partial charge in [0, 0.05) is 0 Å². The summed E-state index contributed by atoms with van der Waals surface area (Å²) in [6.45, 7) is 2.09. The van der Waals surface area contributed by atoms with Crippen molar-refractivity contribution < 1.29 is 0 Å². The van der Waals surface area contributed by atoms with E-state index < -0.39 is 0 Å².